The fraction of sp³-hybridized carbons (Fsp3) is 1.00. The van der Waals surface area contributed by atoms with Crippen LogP contribution in [0.25, 0.3) is 0 Å². The Kier molecular flexibility index (Phi) is 5.08. The van der Waals surface area contributed by atoms with Crippen molar-refractivity contribution in [2.24, 2.45) is 5.41 Å². The highest BCUT2D eigenvalue weighted by molar-refractivity contribution is 4.91. The van der Waals surface area contributed by atoms with Crippen molar-refractivity contribution in [2.75, 3.05) is 19.6 Å². The lowest BCUT2D eigenvalue weighted by Gasteiger charge is -2.42. The summed E-state index contributed by atoms with van der Waals surface area (Å²) in [6, 6.07) is 1.55. The van der Waals surface area contributed by atoms with Crippen LogP contribution in [0.4, 0.5) is 0 Å². The standard InChI is InChI=1S/C16H32N2/c1-4-18(14(2)3)13-16(10-6-5-7-11-16)12-17-15-8-9-15/h14-15,17H,4-13H2,1-3H3. The van der Waals surface area contributed by atoms with Gasteiger partial charge in [0, 0.05) is 25.2 Å². The van der Waals surface area contributed by atoms with Gasteiger partial charge in [-0.25, -0.2) is 0 Å². The molecule has 2 heteroatoms. The lowest BCUT2D eigenvalue weighted by molar-refractivity contribution is 0.0868. The number of hydrogen-bond donors (Lipinski definition) is 1. The minimum absolute atomic E-state index is 0.571. The molecule has 2 saturated carbocycles. The van der Waals surface area contributed by atoms with Gasteiger partial charge in [-0.15, -0.1) is 0 Å². The van der Waals surface area contributed by atoms with Crippen molar-refractivity contribution in [3.63, 3.8) is 0 Å². The molecule has 0 aliphatic heterocycles. The first-order valence-corrected chi connectivity index (χ1v) is 8.13. The van der Waals surface area contributed by atoms with Crippen LogP contribution in [0.1, 0.15) is 65.7 Å². The van der Waals surface area contributed by atoms with E-state index in [1.807, 2.05) is 0 Å². The van der Waals surface area contributed by atoms with Crippen molar-refractivity contribution in [1.82, 2.24) is 10.2 Å². The minimum atomic E-state index is 0.571. The van der Waals surface area contributed by atoms with Crippen LogP contribution in [0.2, 0.25) is 0 Å². The van der Waals surface area contributed by atoms with Gasteiger partial charge in [-0.1, -0.05) is 26.2 Å². The third-order valence-corrected chi connectivity index (χ3v) is 4.93. The quantitative estimate of drug-likeness (QED) is 0.747. The van der Waals surface area contributed by atoms with Gasteiger partial charge in [0.2, 0.25) is 0 Å². The number of nitrogens with zero attached hydrogens (tertiary/aromatic N) is 1. The van der Waals surface area contributed by atoms with Gasteiger partial charge in [-0.3, -0.25) is 0 Å². The van der Waals surface area contributed by atoms with Crippen LogP contribution in [0.15, 0.2) is 0 Å². The molecule has 0 spiro atoms. The van der Waals surface area contributed by atoms with Crippen LogP contribution in [-0.2, 0) is 0 Å². The van der Waals surface area contributed by atoms with E-state index in [0.29, 0.717) is 11.5 Å². The molecule has 2 aliphatic rings. The van der Waals surface area contributed by atoms with Crippen molar-refractivity contribution in [3.8, 4) is 0 Å². The largest absolute Gasteiger partial charge is 0.313 e. The fourth-order valence-electron chi connectivity index (χ4n) is 3.43. The Morgan fingerprint density at radius 3 is 2.33 bits per heavy atom. The van der Waals surface area contributed by atoms with E-state index in [2.05, 4.69) is 31.0 Å². The highest BCUT2D eigenvalue weighted by Gasteiger charge is 2.35. The minimum Gasteiger partial charge on any atom is -0.313 e. The summed E-state index contributed by atoms with van der Waals surface area (Å²) in [5, 5.41) is 3.81. The lowest BCUT2D eigenvalue weighted by Crippen LogP contribution is -2.47. The van der Waals surface area contributed by atoms with E-state index in [9.17, 15) is 0 Å². The summed E-state index contributed by atoms with van der Waals surface area (Å²) in [5.41, 5.74) is 0.571. The molecule has 0 amide bonds. The van der Waals surface area contributed by atoms with Crippen LogP contribution in [0.5, 0.6) is 0 Å². The van der Waals surface area contributed by atoms with Gasteiger partial charge >= 0.3 is 0 Å². The molecule has 18 heavy (non-hydrogen) atoms. The average Bonchev–Trinajstić information content (AvgIpc) is 3.19. The first kappa shape index (κ1) is 14.3. The normalized spacial score (nSPS) is 23.8. The van der Waals surface area contributed by atoms with E-state index in [0.717, 1.165) is 6.04 Å². The van der Waals surface area contributed by atoms with Gasteiger partial charge in [0.1, 0.15) is 0 Å². The molecule has 2 rings (SSSR count). The first-order chi connectivity index (χ1) is 8.65. The van der Waals surface area contributed by atoms with E-state index in [1.54, 1.807) is 0 Å². The van der Waals surface area contributed by atoms with Gasteiger partial charge in [0.05, 0.1) is 0 Å². The number of nitrogens with one attached hydrogen (secondary N) is 1. The third kappa shape index (κ3) is 3.96. The molecule has 0 atom stereocenters. The number of hydrogen-bond acceptors (Lipinski definition) is 2. The smallest absolute Gasteiger partial charge is 0.00684 e. The van der Waals surface area contributed by atoms with Crippen LogP contribution < -0.4 is 5.32 Å². The molecule has 0 aromatic rings. The molecule has 2 aliphatic carbocycles. The Morgan fingerprint density at radius 2 is 1.83 bits per heavy atom. The Balaban J connectivity index is 1.93. The Bertz CT molecular complexity index is 239. The summed E-state index contributed by atoms with van der Waals surface area (Å²) in [7, 11) is 0. The van der Waals surface area contributed by atoms with Crippen LogP contribution in [-0.4, -0.2) is 36.6 Å². The Labute approximate surface area is 114 Å². The van der Waals surface area contributed by atoms with Crippen LogP contribution in [0, 0.1) is 5.41 Å². The summed E-state index contributed by atoms with van der Waals surface area (Å²) >= 11 is 0. The predicted octanol–water partition coefficient (Wildman–Crippen LogP) is 3.42. The second kappa shape index (κ2) is 6.38. The van der Waals surface area contributed by atoms with Crippen LogP contribution in [0.3, 0.4) is 0 Å². The zero-order valence-electron chi connectivity index (χ0n) is 12.7. The molecule has 0 aromatic carbocycles. The molecule has 0 heterocycles. The van der Waals surface area contributed by atoms with Crippen molar-refractivity contribution >= 4 is 0 Å². The molecule has 0 aromatic heterocycles. The van der Waals surface area contributed by atoms with E-state index >= 15 is 0 Å². The van der Waals surface area contributed by atoms with E-state index in [-0.39, 0.29) is 0 Å². The second-order valence-electron chi connectivity index (χ2n) is 6.87. The van der Waals surface area contributed by atoms with E-state index < -0.39 is 0 Å². The maximum Gasteiger partial charge on any atom is 0.00684 e. The van der Waals surface area contributed by atoms with Gasteiger partial charge in [-0.05, 0) is 51.5 Å². The average molecular weight is 252 g/mol. The second-order valence-corrected chi connectivity index (χ2v) is 6.87. The molecule has 1 N–H and O–H groups in total. The predicted molar refractivity (Wildman–Crippen MR) is 78.9 cm³/mol. The first-order valence-electron chi connectivity index (χ1n) is 8.13. The summed E-state index contributed by atoms with van der Waals surface area (Å²) in [6.07, 6.45) is 10.1. The number of rotatable bonds is 7. The maximum atomic E-state index is 3.81. The molecule has 106 valence electrons. The molecule has 0 unspecified atom stereocenters. The molecule has 0 saturated heterocycles. The van der Waals surface area contributed by atoms with Crippen molar-refractivity contribution < 1.29 is 0 Å². The zero-order chi connectivity index (χ0) is 13.0. The molecule has 2 nitrogen and oxygen atoms in total. The van der Waals surface area contributed by atoms with Gasteiger partial charge in [0.15, 0.2) is 0 Å². The SMILES string of the molecule is CCN(CC1(CNC2CC2)CCCCC1)C(C)C. The highest BCUT2D eigenvalue weighted by Crippen LogP contribution is 2.37. The van der Waals surface area contributed by atoms with Gasteiger partial charge in [0.25, 0.3) is 0 Å². The highest BCUT2D eigenvalue weighted by atomic mass is 15.2. The topological polar surface area (TPSA) is 15.3 Å². The fourth-order valence-corrected chi connectivity index (χ4v) is 3.43. The molecular weight excluding hydrogens is 220 g/mol. The Morgan fingerprint density at radius 1 is 1.17 bits per heavy atom. The summed E-state index contributed by atoms with van der Waals surface area (Å²) in [6.45, 7) is 10.8. The molecule has 0 radical (unpaired) electrons. The monoisotopic (exact) mass is 252 g/mol. The zero-order valence-corrected chi connectivity index (χ0v) is 12.7. The molecule has 0 bridgehead atoms. The third-order valence-electron chi connectivity index (χ3n) is 4.93. The van der Waals surface area contributed by atoms with Gasteiger partial charge in [-0.2, -0.15) is 0 Å². The van der Waals surface area contributed by atoms with Crippen molar-refractivity contribution in [1.29, 1.82) is 0 Å². The van der Waals surface area contributed by atoms with Crippen LogP contribution >= 0.6 is 0 Å². The Hall–Kier alpha value is -0.0800. The van der Waals surface area contributed by atoms with Crippen molar-refractivity contribution in [3.05, 3.63) is 0 Å². The summed E-state index contributed by atoms with van der Waals surface area (Å²) < 4.78 is 0. The molecular formula is C16H32N2. The van der Waals surface area contributed by atoms with E-state index in [4.69, 9.17) is 0 Å². The van der Waals surface area contributed by atoms with E-state index in [1.165, 1.54) is 64.6 Å². The lowest BCUT2D eigenvalue weighted by atomic mass is 9.73. The summed E-state index contributed by atoms with van der Waals surface area (Å²) in [5.74, 6) is 0. The molecule has 2 fully saturated rings. The van der Waals surface area contributed by atoms with Crippen molar-refractivity contribution in [2.45, 2.75) is 77.8 Å². The maximum absolute atomic E-state index is 3.81. The van der Waals surface area contributed by atoms with Gasteiger partial charge < -0.3 is 10.2 Å². The summed E-state index contributed by atoms with van der Waals surface area (Å²) in [4.78, 5) is 2.67.